The highest BCUT2D eigenvalue weighted by Crippen LogP contribution is 2.16. The third-order valence-electron chi connectivity index (χ3n) is 2.23. The molecule has 0 saturated carbocycles. The first kappa shape index (κ1) is 15.9. The second kappa shape index (κ2) is 8.08. The average Bonchev–Trinajstić information content (AvgIpc) is 2.38. The minimum atomic E-state index is -1.82. The van der Waals surface area contributed by atoms with Crippen molar-refractivity contribution in [3.63, 3.8) is 0 Å². The molecule has 1 atom stereocenters. The molecular formula is C12H17NO5. The molecule has 1 aromatic rings. The Labute approximate surface area is 105 Å². The van der Waals surface area contributed by atoms with Crippen LogP contribution in [0.25, 0.3) is 0 Å². The number of hydrogen-bond acceptors (Lipinski definition) is 4. The predicted molar refractivity (Wildman–Crippen MR) is 65.7 cm³/mol. The topological polar surface area (TPSA) is 95.9 Å². The SMILES string of the molecule is CNC(C)c1ccc(OC)cc1.O=C(O)C(=O)O. The van der Waals surface area contributed by atoms with Crippen molar-refractivity contribution in [1.29, 1.82) is 0 Å². The van der Waals surface area contributed by atoms with Crippen LogP contribution >= 0.6 is 0 Å². The number of methoxy groups -OCH3 is 1. The quantitative estimate of drug-likeness (QED) is 0.701. The number of hydrogen-bond donors (Lipinski definition) is 3. The monoisotopic (exact) mass is 255 g/mol. The number of ether oxygens (including phenoxy) is 1. The number of benzene rings is 1. The molecule has 0 aliphatic rings. The molecule has 18 heavy (non-hydrogen) atoms. The summed E-state index contributed by atoms with van der Waals surface area (Å²) in [4.78, 5) is 18.2. The van der Waals surface area contributed by atoms with Crippen molar-refractivity contribution in [3.8, 4) is 5.75 Å². The fourth-order valence-corrected chi connectivity index (χ4v) is 1.06. The molecule has 100 valence electrons. The Morgan fingerprint density at radius 2 is 1.61 bits per heavy atom. The molecule has 0 fully saturated rings. The van der Waals surface area contributed by atoms with E-state index in [4.69, 9.17) is 24.5 Å². The highest BCUT2D eigenvalue weighted by atomic mass is 16.5. The van der Waals surface area contributed by atoms with E-state index in [0.29, 0.717) is 6.04 Å². The van der Waals surface area contributed by atoms with Crippen LogP contribution in [0.3, 0.4) is 0 Å². The van der Waals surface area contributed by atoms with Crippen LogP contribution in [0.5, 0.6) is 5.75 Å². The van der Waals surface area contributed by atoms with Gasteiger partial charge in [0, 0.05) is 6.04 Å². The lowest BCUT2D eigenvalue weighted by atomic mass is 10.1. The summed E-state index contributed by atoms with van der Waals surface area (Å²) in [5, 5.41) is 18.0. The van der Waals surface area contributed by atoms with Crippen LogP contribution in [0.4, 0.5) is 0 Å². The second-order valence-electron chi connectivity index (χ2n) is 3.39. The van der Waals surface area contributed by atoms with Crippen molar-refractivity contribution in [1.82, 2.24) is 5.32 Å². The molecule has 0 saturated heterocycles. The molecule has 6 heteroatoms. The van der Waals surface area contributed by atoms with E-state index in [2.05, 4.69) is 24.4 Å². The van der Waals surface area contributed by atoms with Gasteiger partial charge in [-0.2, -0.15) is 0 Å². The van der Waals surface area contributed by atoms with Gasteiger partial charge in [0.15, 0.2) is 0 Å². The molecule has 1 rings (SSSR count). The molecule has 1 unspecified atom stereocenters. The molecule has 0 amide bonds. The fraction of sp³-hybridized carbons (Fsp3) is 0.333. The minimum Gasteiger partial charge on any atom is -0.497 e. The Kier molecular flexibility index (Phi) is 7.14. The van der Waals surface area contributed by atoms with Crippen molar-refractivity contribution >= 4 is 11.9 Å². The van der Waals surface area contributed by atoms with Crippen molar-refractivity contribution in [3.05, 3.63) is 29.8 Å². The average molecular weight is 255 g/mol. The molecule has 0 aliphatic heterocycles. The van der Waals surface area contributed by atoms with Gasteiger partial charge in [-0.1, -0.05) is 12.1 Å². The van der Waals surface area contributed by atoms with Crippen molar-refractivity contribution in [2.24, 2.45) is 0 Å². The first-order valence-electron chi connectivity index (χ1n) is 5.19. The smallest absolute Gasteiger partial charge is 0.414 e. The van der Waals surface area contributed by atoms with E-state index in [1.165, 1.54) is 5.56 Å². The van der Waals surface area contributed by atoms with Gasteiger partial charge >= 0.3 is 11.9 Å². The lowest BCUT2D eigenvalue weighted by molar-refractivity contribution is -0.159. The lowest BCUT2D eigenvalue weighted by Crippen LogP contribution is -2.11. The van der Waals surface area contributed by atoms with Crippen LogP contribution in [-0.2, 0) is 9.59 Å². The van der Waals surface area contributed by atoms with E-state index in [0.717, 1.165) is 5.75 Å². The summed E-state index contributed by atoms with van der Waals surface area (Å²) >= 11 is 0. The molecule has 6 nitrogen and oxygen atoms in total. The van der Waals surface area contributed by atoms with Crippen LogP contribution in [-0.4, -0.2) is 36.3 Å². The summed E-state index contributed by atoms with van der Waals surface area (Å²) < 4.78 is 5.06. The first-order chi connectivity index (χ1) is 8.42. The number of carboxylic acid groups (broad SMARTS) is 2. The maximum absolute atomic E-state index is 9.10. The molecule has 1 aromatic carbocycles. The van der Waals surface area contributed by atoms with Crippen molar-refractivity contribution < 1.29 is 24.5 Å². The first-order valence-corrected chi connectivity index (χ1v) is 5.19. The van der Waals surface area contributed by atoms with Gasteiger partial charge in [0.25, 0.3) is 0 Å². The Morgan fingerprint density at radius 3 is 1.89 bits per heavy atom. The largest absolute Gasteiger partial charge is 0.497 e. The lowest BCUT2D eigenvalue weighted by Gasteiger charge is -2.10. The van der Waals surface area contributed by atoms with Crippen LogP contribution in [0.15, 0.2) is 24.3 Å². The van der Waals surface area contributed by atoms with Crippen LogP contribution in [0, 0.1) is 0 Å². The van der Waals surface area contributed by atoms with E-state index in [-0.39, 0.29) is 0 Å². The molecule has 0 spiro atoms. The summed E-state index contributed by atoms with van der Waals surface area (Å²) in [6.07, 6.45) is 0. The zero-order chi connectivity index (χ0) is 14.1. The zero-order valence-corrected chi connectivity index (χ0v) is 10.5. The molecule has 0 aromatic heterocycles. The van der Waals surface area contributed by atoms with Crippen LogP contribution in [0.2, 0.25) is 0 Å². The highest BCUT2D eigenvalue weighted by Gasteiger charge is 2.04. The van der Waals surface area contributed by atoms with Crippen LogP contribution in [0.1, 0.15) is 18.5 Å². The van der Waals surface area contributed by atoms with Gasteiger partial charge in [0.2, 0.25) is 0 Å². The van der Waals surface area contributed by atoms with Crippen LogP contribution < -0.4 is 10.1 Å². The Bertz CT molecular complexity index is 376. The third kappa shape index (κ3) is 5.86. The van der Waals surface area contributed by atoms with Gasteiger partial charge in [0.05, 0.1) is 7.11 Å². The second-order valence-corrected chi connectivity index (χ2v) is 3.39. The molecular weight excluding hydrogens is 238 g/mol. The highest BCUT2D eigenvalue weighted by molar-refractivity contribution is 6.27. The summed E-state index contributed by atoms with van der Waals surface area (Å²) in [6, 6.07) is 8.49. The van der Waals surface area contributed by atoms with Crippen molar-refractivity contribution in [2.45, 2.75) is 13.0 Å². The standard InChI is InChI=1S/C10H15NO.C2H2O4/c1-8(11-2)9-4-6-10(12-3)7-5-9;3-1(4)2(5)6/h4-8,11H,1-3H3;(H,3,4)(H,5,6). The van der Waals surface area contributed by atoms with E-state index in [1.54, 1.807) is 7.11 Å². The maximum atomic E-state index is 9.10. The number of nitrogens with one attached hydrogen (secondary N) is 1. The van der Waals surface area contributed by atoms with E-state index >= 15 is 0 Å². The zero-order valence-electron chi connectivity index (χ0n) is 10.5. The number of aliphatic carboxylic acids is 2. The summed E-state index contributed by atoms with van der Waals surface area (Å²) in [7, 11) is 3.63. The fourth-order valence-electron chi connectivity index (χ4n) is 1.06. The van der Waals surface area contributed by atoms with E-state index in [9.17, 15) is 0 Å². The third-order valence-corrected chi connectivity index (χ3v) is 2.23. The molecule has 0 bridgehead atoms. The Morgan fingerprint density at radius 1 is 1.17 bits per heavy atom. The molecule has 0 heterocycles. The number of carbonyl (C=O) groups is 2. The van der Waals surface area contributed by atoms with Gasteiger partial charge in [-0.15, -0.1) is 0 Å². The van der Waals surface area contributed by atoms with Gasteiger partial charge in [0.1, 0.15) is 5.75 Å². The van der Waals surface area contributed by atoms with E-state index < -0.39 is 11.9 Å². The van der Waals surface area contributed by atoms with Gasteiger partial charge in [-0.3, -0.25) is 0 Å². The predicted octanol–water partition coefficient (Wildman–Crippen LogP) is 1.13. The molecule has 3 N–H and O–H groups in total. The van der Waals surface area contributed by atoms with Gasteiger partial charge < -0.3 is 20.3 Å². The number of carboxylic acids is 2. The minimum absolute atomic E-state index is 0.399. The van der Waals surface area contributed by atoms with Crippen molar-refractivity contribution in [2.75, 3.05) is 14.2 Å². The summed E-state index contributed by atoms with van der Waals surface area (Å²) in [6.45, 7) is 2.13. The number of rotatable bonds is 3. The normalized spacial score (nSPS) is 10.8. The maximum Gasteiger partial charge on any atom is 0.414 e. The Hall–Kier alpha value is -2.08. The van der Waals surface area contributed by atoms with E-state index in [1.807, 2.05) is 19.2 Å². The Balaban J connectivity index is 0.000000411. The molecule has 0 aliphatic carbocycles. The van der Waals surface area contributed by atoms with Gasteiger partial charge in [-0.25, -0.2) is 9.59 Å². The summed E-state index contributed by atoms with van der Waals surface area (Å²) in [5.41, 5.74) is 1.28. The molecule has 0 radical (unpaired) electrons. The summed E-state index contributed by atoms with van der Waals surface area (Å²) in [5.74, 6) is -2.74. The van der Waals surface area contributed by atoms with Gasteiger partial charge in [-0.05, 0) is 31.7 Å².